The van der Waals surface area contributed by atoms with E-state index in [1.54, 1.807) is 17.5 Å². The molecule has 1 saturated heterocycles. The number of nitrogens with one attached hydrogen (secondary N) is 1. The van der Waals surface area contributed by atoms with Crippen LogP contribution in [0.3, 0.4) is 0 Å². The molecule has 0 unspecified atom stereocenters. The molecule has 0 aliphatic carbocycles. The Labute approximate surface area is 212 Å². The largest absolute Gasteiger partial charge is 0.397 e. The van der Waals surface area contributed by atoms with Gasteiger partial charge in [-0.3, -0.25) is 9.69 Å². The molecular weight excluding hydrogens is 476 g/mol. The second kappa shape index (κ2) is 10.3. The summed E-state index contributed by atoms with van der Waals surface area (Å²) in [4.78, 5) is 27.2. The number of amides is 1. The third-order valence-corrected chi connectivity index (χ3v) is 7.91. The van der Waals surface area contributed by atoms with Crippen LogP contribution in [0.5, 0.6) is 0 Å². The van der Waals surface area contributed by atoms with Crippen LogP contribution in [0.1, 0.15) is 15.2 Å². The number of nitrogen functional groups attached to an aromatic ring is 1. The van der Waals surface area contributed by atoms with Gasteiger partial charge < -0.3 is 16.0 Å². The van der Waals surface area contributed by atoms with Crippen LogP contribution in [0.4, 0.5) is 22.2 Å². The summed E-state index contributed by atoms with van der Waals surface area (Å²) < 4.78 is 0. The Morgan fingerprint density at radius 1 is 1.11 bits per heavy atom. The number of anilines is 3. The lowest BCUT2D eigenvalue weighted by atomic mass is 10.1. The Balaban J connectivity index is 1.18. The van der Waals surface area contributed by atoms with Gasteiger partial charge in [0.25, 0.3) is 5.91 Å². The van der Waals surface area contributed by atoms with Crippen LogP contribution >= 0.6 is 22.7 Å². The zero-order valence-electron chi connectivity index (χ0n) is 19.0. The predicted octanol–water partition coefficient (Wildman–Crippen LogP) is 5.58. The van der Waals surface area contributed by atoms with Crippen molar-refractivity contribution >= 4 is 50.8 Å². The summed E-state index contributed by atoms with van der Waals surface area (Å²) in [5, 5.41) is 5.84. The van der Waals surface area contributed by atoms with E-state index in [1.807, 2.05) is 60.0 Å². The summed E-state index contributed by atoms with van der Waals surface area (Å²) in [6.07, 6.45) is 1.64. The third-order valence-electron chi connectivity index (χ3n) is 5.94. The first-order valence-electron chi connectivity index (χ1n) is 11.2. The molecular formula is C26H24N6OS2. The SMILES string of the molecule is [C-]#[N+]c1ccc(CN2CCN(c3ncc(C(=O)Nc4cc(-c5cccs5)ccc4N)s3)CC2)cc1. The van der Waals surface area contributed by atoms with Gasteiger partial charge in [-0.15, -0.1) is 11.3 Å². The Bertz CT molecular complexity index is 1350. The highest BCUT2D eigenvalue weighted by Crippen LogP contribution is 2.31. The normalized spacial score (nSPS) is 14.0. The van der Waals surface area contributed by atoms with Crippen LogP contribution in [0.2, 0.25) is 0 Å². The van der Waals surface area contributed by atoms with Crippen LogP contribution in [0.25, 0.3) is 15.3 Å². The minimum atomic E-state index is -0.203. The molecule has 0 atom stereocenters. The number of hydrogen-bond acceptors (Lipinski definition) is 7. The molecule has 0 saturated carbocycles. The van der Waals surface area contributed by atoms with E-state index in [4.69, 9.17) is 12.3 Å². The number of nitrogens with two attached hydrogens (primary N) is 1. The lowest BCUT2D eigenvalue weighted by Gasteiger charge is -2.34. The van der Waals surface area contributed by atoms with Gasteiger partial charge in [-0.05, 0) is 34.7 Å². The van der Waals surface area contributed by atoms with E-state index in [0.717, 1.165) is 48.3 Å². The quantitative estimate of drug-likeness (QED) is 0.267. The minimum Gasteiger partial charge on any atom is -0.397 e. The number of thiophene rings is 1. The molecule has 176 valence electrons. The molecule has 9 heteroatoms. The molecule has 1 aliphatic rings. The maximum atomic E-state index is 12.9. The fourth-order valence-corrected chi connectivity index (χ4v) is 5.58. The van der Waals surface area contributed by atoms with Crippen molar-refractivity contribution in [2.24, 2.45) is 0 Å². The van der Waals surface area contributed by atoms with Gasteiger partial charge in [-0.25, -0.2) is 9.83 Å². The van der Waals surface area contributed by atoms with Gasteiger partial charge in [0.2, 0.25) is 0 Å². The highest BCUT2D eigenvalue weighted by Gasteiger charge is 2.21. The van der Waals surface area contributed by atoms with Gasteiger partial charge in [0.15, 0.2) is 10.8 Å². The summed E-state index contributed by atoms with van der Waals surface area (Å²) in [5.41, 5.74) is 10.2. The second-order valence-corrected chi connectivity index (χ2v) is 10.2. The number of rotatable bonds is 6. The van der Waals surface area contributed by atoms with E-state index < -0.39 is 0 Å². The van der Waals surface area contributed by atoms with Crippen LogP contribution < -0.4 is 16.0 Å². The highest BCUT2D eigenvalue weighted by molar-refractivity contribution is 7.17. The number of benzene rings is 2. The number of carbonyl (C=O) groups is 1. The van der Waals surface area contributed by atoms with Crippen molar-refractivity contribution < 1.29 is 4.79 Å². The van der Waals surface area contributed by atoms with Gasteiger partial charge >= 0.3 is 0 Å². The van der Waals surface area contributed by atoms with Crippen molar-refractivity contribution in [3.05, 3.63) is 88.0 Å². The van der Waals surface area contributed by atoms with Crippen molar-refractivity contribution in [2.45, 2.75) is 6.54 Å². The van der Waals surface area contributed by atoms with Crippen molar-refractivity contribution in [1.82, 2.24) is 9.88 Å². The van der Waals surface area contributed by atoms with Crippen LogP contribution in [0, 0.1) is 6.57 Å². The molecule has 2 aromatic carbocycles. The van der Waals surface area contributed by atoms with Crippen molar-refractivity contribution in [1.29, 1.82) is 0 Å². The van der Waals surface area contributed by atoms with Gasteiger partial charge in [0.1, 0.15) is 4.88 Å². The fourth-order valence-electron chi connectivity index (χ4n) is 3.99. The topological polar surface area (TPSA) is 78.8 Å². The number of piperazine rings is 1. The van der Waals surface area contributed by atoms with Crippen molar-refractivity contribution in [3.63, 3.8) is 0 Å². The van der Waals surface area contributed by atoms with E-state index in [0.29, 0.717) is 21.9 Å². The average Bonchev–Trinajstić information content (AvgIpc) is 3.59. The summed E-state index contributed by atoms with van der Waals surface area (Å²) >= 11 is 3.05. The average molecular weight is 501 g/mol. The Morgan fingerprint density at radius 2 is 1.91 bits per heavy atom. The zero-order chi connectivity index (χ0) is 24.2. The number of carbonyl (C=O) groups excluding carboxylic acids is 1. The Hall–Kier alpha value is -3.71. The van der Waals surface area contributed by atoms with Crippen LogP contribution in [0.15, 0.2) is 66.2 Å². The number of aromatic nitrogens is 1. The summed E-state index contributed by atoms with van der Waals surface area (Å²) in [7, 11) is 0. The molecule has 3 heterocycles. The van der Waals surface area contributed by atoms with Crippen LogP contribution in [-0.4, -0.2) is 42.0 Å². The summed E-state index contributed by atoms with van der Waals surface area (Å²) in [6.45, 7) is 11.5. The van der Waals surface area contributed by atoms with Gasteiger partial charge in [0.05, 0.1) is 24.1 Å². The summed E-state index contributed by atoms with van der Waals surface area (Å²) in [6, 6.07) is 17.5. The monoisotopic (exact) mass is 500 g/mol. The first kappa shape index (κ1) is 23.1. The molecule has 2 aromatic heterocycles. The molecule has 3 N–H and O–H groups in total. The molecule has 0 radical (unpaired) electrons. The van der Waals surface area contributed by atoms with Crippen molar-refractivity contribution in [2.75, 3.05) is 42.1 Å². The van der Waals surface area contributed by atoms with Gasteiger partial charge in [-0.2, -0.15) is 0 Å². The van der Waals surface area contributed by atoms with E-state index in [2.05, 4.69) is 24.9 Å². The van der Waals surface area contributed by atoms with E-state index in [9.17, 15) is 4.79 Å². The maximum absolute atomic E-state index is 12.9. The first-order valence-corrected chi connectivity index (χ1v) is 12.9. The standard InChI is InChI=1S/C26H24N6OS2/c1-28-20-7-4-18(5-8-20)17-31-10-12-32(13-11-31)26-29-16-24(35-26)25(33)30-22-15-19(6-9-21(22)27)23-3-2-14-34-23/h2-9,14-16H,10-13,17,27H2,(H,30,33). The molecule has 1 aliphatic heterocycles. The summed E-state index contributed by atoms with van der Waals surface area (Å²) in [5.74, 6) is -0.203. The van der Waals surface area contributed by atoms with Crippen molar-refractivity contribution in [3.8, 4) is 10.4 Å². The second-order valence-electron chi connectivity index (χ2n) is 8.28. The molecule has 35 heavy (non-hydrogen) atoms. The molecule has 1 amide bonds. The maximum Gasteiger partial charge on any atom is 0.267 e. The van der Waals surface area contributed by atoms with Gasteiger partial charge in [0, 0.05) is 37.6 Å². The number of nitrogens with zero attached hydrogens (tertiary/aromatic N) is 4. The minimum absolute atomic E-state index is 0.203. The lowest BCUT2D eigenvalue weighted by molar-refractivity contribution is 0.103. The molecule has 0 bridgehead atoms. The highest BCUT2D eigenvalue weighted by atomic mass is 32.1. The first-order chi connectivity index (χ1) is 17.1. The number of thiazole rings is 1. The Morgan fingerprint density at radius 3 is 2.63 bits per heavy atom. The molecule has 5 rings (SSSR count). The van der Waals surface area contributed by atoms with E-state index in [1.165, 1.54) is 16.9 Å². The predicted molar refractivity (Wildman–Crippen MR) is 144 cm³/mol. The molecule has 7 nitrogen and oxygen atoms in total. The fraction of sp³-hybridized carbons (Fsp3) is 0.192. The van der Waals surface area contributed by atoms with E-state index in [-0.39, 0.29) is 5.91 Å². The lowest BCUT2D eigenvalue weighted by Crippen LogP contribution is -2.45. The molecule has 4 aromatic rings. The Kier molecular flexibility index (Phi) is 6.77. The smallest absolute Gasteiger partial charge is 0.267 e. The zero-order valence-corrected chi connectivity index (χ0v) is 20.6. The van der Waals surface area contributed by atoms with E-state index >= 15 is 0 Å². The van der Waals surface area contributed by atoms with Crippen LogP contribution in [-0.2, 0) is 6.54 Å². The third kappa shape index (κ3) is 5.35. The number of hydrogen-bond donors (Lipinski definition) is 2. The molecule has 0 spiro atoms. The molecule has 1 fully saturated rings. The van der Waals surface area contributed by atoms with Gasteiger partial charge in [-0.1, -0.05) is 47.7 Å².